The molecule has 1 fully saturated rings. The average Bonchev–Trinajstić information content (AvgIpc) is 3.24. The first-order valence-electron chi connectivity index (χ1n) is 12.5. The van der Waals surface area contributed by atoms with Crippen molar-refractivity contribution in [3.05, 3.63) is 89.0 Å². The van der Waals surface area contributed by atoms with Crippen molar-refractivity contribution in [2.24, 2.45) is 5.14 Å². The fourth-order valence-electron chi connectivity index (χ4n) is 4.68. The van der Waals surface area contributed by atoms with Crippen LogP contribution >= 0.6 is 0 Å². The summed E-state index contributed by atoms with van der Waals surface area (Å²) in [5, 5.41) is 28.6. The lowest BCUT2D eigenvalue weighted by atomic mass is 9.96. The largest absolute Gasteiger partial charge is 0.478 e. The quantitative estimate of drug-likeness (QED) is 0.328. The molecule has 1 heterocycles. The van der Waals surface area contributed by atoms with Gasteiger partial charge in [0.1, 0.15) is 5.75 Å². The van der Waals surface area contributed by atoms with Crippen molar-refractivity contribution in [2.75, 3.05) is 19.6 Å². The van der Waals surface area contributed by atoms with E-state index in [0.717, 1.165) is 27.8 Å². The lowest BCUT2D eigenvalue weighted by molar-refractivity contribution is -0.138. The lowest BCUT2D eigenvalue weighted by Crippen LogP contribution is -2.41. The van der Waals surface area contributed by atoms with E-state index in [2.05, 4.69) is 0 Å². The second-order valence-electron chi connectivity index (χ2n) is 9.46. The summed E-state index contributed by atoms with van der Waals surface area (Å²) in [6.07, 6.45) is 0.665. The number of amides is 1. The molecule has 1 aliphatic heterocycles. The molecular formula is C28H31N3O7S. The van der Waals surface area contributed by atoms with E-state index in [0.29, 0.717) is 38.9 Å². The minimum Gasteiger partial charge on any atom is -0.478 e. The molecule has 0 aromatic heterocycles. The van der Waals surface area contributed by atoms with Crippen molar-refractivity contribution in [1.82, 2.24) is 10.0 Å². The molecule has 0 spiro atoms. The van der Waals surface area contributed by atoms with Gasteiger partial charge in [-0.1, -0.05) is 36.4 Å². The molecule has 0 saturated carbocycles. The van der Waals surface area contributed by atoms with Crippen LogP contribution in [0.15, 0.2) is 66.7 Å². The molecule has 1 unspecified atom stereocenters. The Morgan fingerprint density at radius 2 is 1.82 bits per heavy atom. The van der Waals surface area contributed by atoms with Gasteiger partial charge in [0.15, 0.2) is 0 Å². The van der Waals surface area contributed by atoms with Gasteiger partial charge in [0.05, 0.1) is 11.7 Å². The maximum Gasteiger partial charge on any atom is 0.380 e. The fourth-order valence-corrected chi connectivity index (χ4v) is 5.05. The Hall–Kier alpha value is -3.77. The second kappa shape index (κ2) is 12.0. The van der Waals surface area contributed by atoms with Crippen LogP contribution < -0.4 is 9.32 Å². The van der Waals surface area contributed by atoms with E-state index in [-0.39, 0.29) is 17.2 Å². The molecule has 0 aliphatic carbocycles. The number of aliphatic hydroxyl groups is 1. The van der Waals surface area contributed by atoms with E-state index >= 15 is 0 Å². The fraction of sp³-hybridized carbons (Fsp3) is 0.286. The smallest absolute Gasteiger partial charge is 0.380 e. The first-order valence-corrected chi connectivity index (χ1v) is 14.0. The molecule has 0 radical (unpaired) electrons. The topological polar surface area (TPSA) is 150 Å². The van der Waals surface area contributed by atoms with E-state index in [1.165, 1.54) is 6.07 Å². The summed E-state index contributed by atoms with van der Waals surface area (Å²) in [4.78, 5) is 23.5. The highest BCUT2D eigenvalue weighted by molar-refractivity contribution is 7.84. The summed E-state index contributed by atoms with van der Waals surface area (Å²) in [5.41, 5.74) is 4.39. The van der Waals surface area contributed by atoms with Gasteiger partial charge in [-0.2, -0.15) is 13.6 Å². The highest BCUT2D eigenvalue weighted by atomic mass is 32.2. The van der Waals surface area contributed by atoms with Crippen LogP contribution in [0.3, 0.4) is 0 Å². The van der Waals surface area contributed by atoms with E-state index < -0.39 is 22.4 Å². The second-order valence-corrected chi connectivity index (χ2v) is 10.6. The van der Waals surface area contributed by atoms with Gasteiger partial charge in [-0.15, -0.1) is 0 Å². The average molecular weight is 554 g/mol. The van der Waals surface area contributed by atoms with Gasteiger partial charge in [0, 0.05) is 26.1 Å². The third-order valence-electron chi connectivity index (χ3n) is 6.68. The monoisotopic (exact) mass is 553 g/mol. The summed E-state index contributed by atoms with van der Waals surface area (Å²) < 4.78 is 27.1. The zero-order valence-electron chi connectivity index (χ0n) is 21.5. The molecule has 10 nitrogen and oxygen atoms in total. The zero-order valence-corrected chi connectivity index (χ0v) is 22.3. The Morgan fingerprint density at radius 3 is 2.49 bits per heavy atom. The molecule has 4 N–H and O–H groups in total. The number of carboxylic acid groups (broad SMARTS) is 1. The summed E-state index contributed by atoms with van der Waals surface area (Å²) in [5.74, 6) is -0.828. The van der Waals surface area contributed by atoms with Gasteiger partial charge in [-0.25, -0.2) is 9.80 Å². The Kier molecular flexibility index (Phi) is 8.66. The molecule has 0 bridgehead atoms. The van der Waals surface area contributed by atoms with Crippen LogP contribution in [0.1, 0.15) is 46.0 Å². The Morgan fingerprint density at radius 1 is 1.08 bits per heavy atom. The molecule has 4 rings (SSSR count). The molecule has 1 aliphatic rings. The van der Waals surface area contributed by atoms with Crippen molar-refractivity contribution in [3.63, 3.8) is 0 Å². The van der Waals surface area contributed by atoms with E-state index in [1.807, 2.05) is 36.2 Å². The molecule has 206 valence electrons. The van der Waals surface area contributed by atoms with Crippen LogP contribution in [0.4, 0.5) is 0 Å². The Balaban J connectivity index is 1.37. The Labute approximate surface area is 227 Å². The number of carboxylic acids is 1. The standard InChI is InChI=1S/C28H31N3O7S/c1-19-17-24(38-39(29,36)37)9-10-25(19)22-3-2-4-23(18-22)26(32)12-14-30-15-13-27(33)31(30)16-11-20-5-7-21(8-6-20)28(34)35/h2-10,17-18,26,32H,11-16H2,1H3,(H,34,35)(H2,29,36,37). The normalized spacial score (nSPS) is 14.9. The SMILES string of the molecule is Cc1cc(OS(N)(=O)=O)ccc1-c1cccc(C(O)CCN2CCC(=O)N2CCc2ccc(C(=O)O)cc2)c1. The molecule has 1 atom stereocenters. The first-order chi connectivity index (χ1) is 18.5. The van der Waals surface area contributed by atoms with Crippen LogP contribution in [0.5, 0.6) is 5.75 Å². The summed E-state index contributed by atoms with van der Waals surface area (Å²) in [7, 11) is -4.11. The molecule has 1 saturated heterocycles. The van der Waals surface area contributed by atoms with Crippen molar-refractivity contribution >= 4 is 22.2 Å². The highest BCUT2D eigenvalue weighted by Gasteiger charge is 2.28. The van der Waals surface area contributed by atoms with Gasteiger partial charge in [0.2, 0.25) is 5.91 Å². The number of carbonyl (C=O) groups excluding carboxylic acids is 1. The number of benzene rings is 3. The van der Waals surface area contributed by atoms with Gasteiger partial charge in [0.25, 0.3) is 0 Å². The number of aliphatic hydroxyl groups excluding tert-OH is 1. The number of aromatic carboxylic acids is 1. The van der Waals surface area contributed by atoms with E-state index in [1.54, 1.807) is 41.4 Å². The molecule has 11 heteroatoms. The number of nitrogens with zero attached hydrogens (tertiary/aromatic N) is 2. The van der Waals surface area contributed by atoms with E-state index in [4.69, 9.17) is 14.4 Å². The highest BCUT2D eigenvalue weighted by Crippen LogP contribution is 2.30. The first kappa shape index (κ1) is 28.2. The maximum atomic E-state index is 12.5. The number of aryl methyl sites for hydroxylation is 1. The van der Waals surface area contributed by atoms with Crippen molar-refractivity contribution in [1.29, 1.82) is 0 Å². The van der Waals surface area contributed by atoms with Crippen LogP contribution in [0, 0.1) is 6.92 Å². The zero-order chi connectivity index (χ0) is 28.2. The van der Waals surface area contributed by atoms with Crippen LogP contribution in [0.25, 0.3) is 11.1 Å². The molecule has 1 amide bonds. The summed E-state index contributed by atoms with van der Waals surface area (Å²) >= 11 is 0. The van der Waals surface area contributed by atoms with Gasteiger partial charge >= 0.3 is 16.3 Å². The molecule has 3 aromatic rings. The predicted molar refractivity (Wildman–Crippen MR) is 145 cm³/mol. The number of hydrogen-bond acceptors (Lipinski definition) is 7. The Bertz CT molecular complexity index is 1460. The van der Waals surface area contributed by atoms with Crippen molar-refractivity contribution in [2.45, 2.75) is 32.3 Å². The number of nitrogens with two attached hydrogens (primary N) is 1. The van der Waals surface area contributed by atoms with Gasteiger partial charge in [-0.3, -0.25) is 9.80 Å². The maximum absolute atomic E-state index is 12.5. The summed E-state index contributed by atoms with van der Waals surface area (Å²) in [6.45, 7) is 3.37. The number of hydrazine groups is 1. The van der Waals surface area contributed by atoms with Crippen LogP contribution in [-0.4, -0.2) is 60.2 Å². The van der Waals surface area contributed by atoms with Crippen LogP contribution in [0.2, 0.25) is 0 Å². The van der Waals surface area contributed by atoms with Crippen LogP contribution in [-0.2, 0) is 21.5 Å². The minimum atomic E-state index is -4.11. The molecular weight excluding hydrogens is 522 g/mol. The predicted octanol–water partition coefficient (Wildman–Crippen LogP) is 3.06. The van der Waals surface area contributed by atoms with Crippen molar-refractivity contribution < 1.29 is 32.4 Å². The summed E-state index contributed by atoms with van der Waals surface area (Å²) in [6, 6.07) is 19.0. The van der Waals surface area contributed by atoms with Gasteiger partial charge in [-0.05, 0) is 77.9 Å². The lowest BCUT2D eigenvalue weighted by Gasteiger charge is -2.29. The third kappa shape index (κ3) is 7.42. The number of hydrogen-bond donors (Lipinski definition) is 3. The molecule has 3 aromatic carbocycles. The number of rotatable bonds is 11. The van der Waals surface area contributed by atoms with E-state index in [9.17, 15) is 23.1 Å². The minimum absolute atomic E-state index is 0.0268. The van der Waals surface area contributed by atoms with Crippen molar-refractivity contribution in [3.8, 4) is 16.9 Å². The molecule has 39 heavy (non-hydrogen) atoms. The number of carbonyl (C=O) groups is 2. The van der Waals surface area contributed by atoms with Gasteiger partial charge < -0.3 is 14.4 Å². The third-order valence-corrected chi connectivity index (χ3v) is 7.10.